The first-order chi connectivity index (χ1) is 12.5. The molecule has 6 nitrogen and oxygen atoms in total. The van der Waals surface area contributed by atoms with Gasteiger partial charge in [0.05, 0.1) is 0 Å². The Kier molecular flexibility index (Phi) is 6.17. The molecule has 1 amide bonds. The van der Waals surface area contributed by atoms with E-state index in [4.69, 9.17) is 5.73 Å². The van der Waals surface area contributed by atoms with Crippen LogP contribution >= 0.6 is 0 Å². The average Bonchev–Trinajstić information content (AvgIpc) is 2.54. The van der Waals surface area contributed by atoms with Crippen LogP contribution in [0.3, 0.4) is 0 Å². The van der Waals surface area contributed by atoms with Crippen molar-refractivity contribution in [3.05, 3.63) is 41.6 Å². The Morgan fingerprint density at radius 3 is 2.37 bits per heavy atom. The highest BCUT2D eigenvalue weighted by Gasteiger charge is 2.43. The average molecular weight is 370 g/mol. The van der Waals surface area contributed by atoms with Gasteiger partial charge in [0.25, 0.3) is 5.91 Å². The van der Waals surface area contributed by atoms with Crippen LogP contribution in [0.25, 0.3) is 0 Å². The van der Waals surface area contributed by atoms with Crippen LogP contribution in [0.5, 0.6) is 5.75 Å². The van der Waals surface area contributed by atoms with Crippen molar-refractivity contribution < 1.29 is 9.90 Å². The zero-order chi connectivity index (χ0) is 20.2. The lowest BCUT2D eigenvalue weighted by Crippen LogP contribution is -2.61. The van der Waals surface area contributed by atoms with Gasteiger partial charge in [0.15, 0.2) is 0 Å². The lowest BCUT2D eigenvalue weighted by Gasteiger charge is -2.54. The van der Waals surface area contributed by atoms with Gasteiger partial charge < -0.3 is 21.1 Å². The van der Waals surface area contributed by atoms with Crippen LogP contribution in [0.2, 0.25) is 0 Å². The number of carbonyl (C=O) groups excluding carboxylic acids is 1. The summed E-state index contributed by atoms with van der Waals surface area (Å²) < 4.78 is 0. The topological polar surface area (TPSA) is 102 Å². The summed E-state index contributed by atoms with van der Waals surface area (Å²) in [7, 11) is 0. The number of rotatable bonds is 5. The predicted octanol–water partition coefficient (Wildman–Crippen LogP) is 2.44. The molecule has 27 heavy (non-hydrogen) atoms. The molecule has 0 radical (unpaired) electrons. The molecule has 1 aromatic rings. The molecule has 1 fully saturated rings. The van der Waals surface area contributed by atoms with Gasteiger partial charge >= 0.3 is 0 Å². The molecule has 2 rings (SSSR count). The van der Waals surface area contributed by atoms with E-state index in [2.05, 4.69) is 37.9 Å². The zero-order valence-electron chi connectivity index (χ0n) is 16.6. The lowest BCUT2D eigenvalue weighted by atomic mass is 9.77. The molecule has 1 aliphatic rings. The first-order valence-electron chi connectivity index (χ1n) is 9.28. The quantitative estimate of drug-likeness (QED) is 0.546. The predicted molar refractivity (Wildman–Crippen MR) is 106 cm³/mol. The number of nitrogens with zero attached hydrogens (tertiary/aromatic N) is 2. The number of phenols is 1. The van der Waals surface area contributed by atoms with Crippen LogP contribution in [-0.4, -0.2) is 39.6 Å². The summed E-state index contributed by atoms with van der Waals surface area (Å²) in [6.45, 7) is 8.76. The van der Waals surface area contributed by atoms with Crippen molar-refractivity contribution in [2.24, 2.45) is 5.73 Å². The summed E-state index contributed by atoms with van der Waals surface area (Å²) >= 11 is 0. The highest BCUT2D eigenvalue weighted by molar-refractivity contribution is 5.97. The highest BCUT2D eigenvalue weighted by Crippen LogP contribution is 2.38. The molecule has 0 unspecified atom stereocenters. The smallest absolute Gasteiger partial charge is 0.263 e. The van der Waals surface area contributed by atoms with Gasteiger partial charge in [-0.05, 0) is 64.7 Å². The number of nitrogens with one attached hydrogen (secondary N) is 1. The third-order valence-corrected chi connectivity index (χ3v) is 5.09. The number of hydrogen-bond acceptors (Lipinski definition) is 5. The molecule has 1 aliphatic heterocycles. The van der Waals surface area contributed by atoms with E-state index in [1.54, 1.807) is 18.3 Å². The molecule has 0 bridgehead atoms. The number of benzene rings is 1. The minimum Gasteiger partial charge on any atom is -0.508 e. The van der Waals surface area contributed by atoms with Gasteiger partial charge in [-0.15, -0.1) is 0 Å². The summed E-state index contributed by atoms with van der Waals surface area (Å²) in [6, 6.07) is 8.98. The standard InChI is InChI=1S/C21H30N4O2/c1-20(2)11-17(23)12-21(3,4)25(20)14-16(13-22)19(27)24-10-9-15-5-7-18(26)8-6-15/h5-8,14,17,26H,9-12,23H2,1-4H3,(H,24,27)/b16-14-. The first kappa shape index (κ1) is 20.8. The van der Waals surface area contributed by atoms with Crippen molar-refractivity contribution in [2.45, 2.75) is 64.1 Å². The van der Waals surface area contributed by atoms with Crippen LogP contribution < -0.4 is 11.1 Å². The maximum absolute atomic E-state index is 12.5. The zero-order valence-corrected chi connectivity index (χ0v) is 16.6. The Labute approximate surface area is 161 Å². The van der Waals surface area contributed by atoms with Crippen molar-refractivity contribution in [1.82, 2.24) is 10.2 Å². The number of carbonyl (C=O) groups is 1. The van der Waals surface area contributed by atoms with Crippen LogP contribution in [0.4, 0.5) is 0 Å². The molecule has 0 spiro atoms. The molecule has 1 saturated heterocycles. The first-order valence-corrected chi connectivity index (χ1v) is 9.28. The van der Waals surface area contributed by atoms with Gasteiger partial charge in [0.1, 0.15) is 17.4 Å². The molecule has 0 saturated carbocycles. The molecule has 1 heterocycles. The molecule has 0 aliphatic carbocycles. The number of hydrogen-bond donors (Lipinski definition) is 3. The number of piperidine rings is 1. The molecular formula is C21H30N4O2. The van der Waals surface area contributed by atoms with E-state index < -0.39 is 0 Å². The van der Waals surface area contributed by atoms with E-state index in [-0.39, 0.29) is 34.3 Å². The number of aromatic hydroxyl groups is 1. The van der Waals surface area contributed by atoms with Crippen LogP contribution in [0, 0.1) is 11.3 Å². The normalized spacial score (nSPS) is 19.4. The Morgan fingerprint density at radius 1 is 1.30 bits per heavy atom. The summed E-state index contributed by atoms with van der Waals surface area (Å²) in [6.07, 6.45) is 3.91. The lowest BCUT2D eigenvalue weighted by molar-refractivity contribution is -0.117. The van der Waals surface area contributed by atoms with Crippen molar-refractivity contribution in [1.29, 1.82) is 5.26 Å². The summed E-state index contributed by atoms with van der Waals surface area (Å²) in [4.78, 5) is 14.6. The number of nitriles is 1. The largest absolute Gasteiger partial charge is 0.508 e. The Morgan fingerprint density at radius 2 is 1.85 bits per heavy atom. The molecule has 1 aromatic carbocycles. The van der Waals surface area contributed by atoms with Gasteiger partial charge in [0.2, 0.25) is 0 Å². The second-order valence-electron chi connectivity index (χ2n) is 8.49. The molecule has 6 heteroatoms. The van der Waals surface area contributed by atoms with E-state index in [0.29, 0.717) is 13.0 Å². The van der Waals surface area contributed by atoms with Crippen molar-refractivity contribution in [3.8, 4) is 11.8 Å². The summed E-state index contributed by atoms with van der Waals surface area (Å²) in [5.74, 6) is -0.165. The fraction of sp³-hybridized carbons (Fsp3) is 0.524. The van der Waals surface area contributed by atoms with E-state index in [1.165, 1.54) is 0 Å². The van der Waals surface area contributed by atoms with Gasteiger partial charge in [-0.25, -0.2) is 0 Å². The molecular weight excluding hydrogens is 340 g/mol. The summed E-state index contributed by atoms with van der Waals surface area (Å²) in [5, 5.41) is 21.6. The Bertz CT molecular complexity index is 726. The van der Waals surface area contributed by atoms with Crippen molar-refractivity contribution in [3.63, 3.8) is 0 Å². The molecule has 0 aromatic heterocycles. The van der Waals surface area contributed by atoms with Crippen molar-refractivity contribution in [2.75, 3.05) is 6.54 Å². The number of amides is 1. The fourth-order valence-corrected chi connectivity index (χ4v) is 4.07. The van der Waals surface area contributed by atoms with Crippen LogP contribution in [-0.2, 0) is 11.2 Å². The van der Waals surface area contributed by atoms with Crippen LogP contribution in [0.15, 0.2) is 36.0 Å². The van der Waals surface area contributed by atoms with Crippen LogP contribution in [0.1, 0.15) is 46.1 Å². The molecule has 4 N–H and O–H groups in total. The fourth-order valence-electron chi connectivity index (χ4n) is 4.07. The van der Waals surface area contributed by atoms with Gasteiger partial charge in [0, 0.05) is 29.9 Å². The maximum Gasteiger partial charge on any atom is 0.263 e. The van der Waals surface area contributed by atoms with E-state index in [9.17, 15) is 15.2 Å². The van der Waals surface area contributed by atoms with E-state index in [1.807, 2.05) is 18.2 Å². The minimum atomic E-state index is -0.377. The highest BCUT2D eigenvalue weighted by atomic mass is 16.3. The van der Waals surface area contributed by atoms with E-state index >= 15 is 0 Å². The van der Waals surface area contributed by atoms with Crippen molar-refractivity contribution >= 4 is 5.91 Å². The number of likely N-dealkylation sites (tertiary alicyclic amines) is 1. The second kappa shape index (κ2) is 8.01. The monoisotopic (exact) mass is 370 g/mol. The minimum absolute atomic E-state index is 0.0947. The second-order valence-corrected chi connectivity index (χ2v) is 8.49. The Balaban J connectivity index is 2.06. The maximum atomic E-state index is 12.5. The van der Waals surface area contributed by atoms with E-state index in [0.717, 1.165) is 18.4 Å². The van der Waals surface area contributed by atoms with Gasteiger partial charge in [-0.2, -0.15) is 5.26 Å². The molecule has 0 atom stereocenters. The number of nitrogens with two attached hydrogens (primary N) is 1. The van der Waals surface area contributed by atoms with Gasteiger partial charge in [-0.1, -0.05) is 12.1 Å². The SMILES string of the molecule is CC1(C)CC(N)CC(C)(C)N1/C=C(/C#N)C(=O)NCCc1ccc(O)cc1. The Hall–Kier alpha value is -2.52. The molecule has 146 valence electrons. The van der Waals surface area contributed by atoms with Gasteiger partial charge in [-0.3, -0.25) is 4.79 Å². The third kappa shape index (κ3) is 5.24. The number of phenolic OH excluding ortho intramolecular Hbond substituents is 1. The third-order valence-electron chi connectivity index (χ3n) is 5.09. The summed E-state index contributed by atoms with van der Waals surface area (Å²) in [5.41, 5.74) is 6.81.